The number of ether oxygens (including phenoxy) is 1. The van der Waals surface area contributed by atoms with E-state index in [2.05, 4.69) is 10.3 Å². The third kappa shape index (κ3) is 4.16. The van der Waals surface area contributed by atoms with Crippen molar-refractivity contribution in [2.45, 2.75) is 19.9 Å². The van der Waals surface area contributed by atoms with Gasteiger partial charge < -0.3 is 10.1 Å². The second-order valence-electron chi connectivity index (χ2n) is 3.48. The van der Waals surface area contributed by atoms with Crippen molar-refractivity contribution in [3.05, 3.63) is 27.4 Å². The first-order chi connectivity index (χ1) is 8.04. The van der Waals surface area contributed by atoms with Gasteiger partial charge in [0, 0.05) is 24.9 Å². The summed E-state index contributed by atoms with van der Waals surface area (Å²) in [6.07, 6.45) is 1.37. The van der Waals surface area contributed by atoms with Gasteiger partial charge in [0.1, 0.15) is 0 Å². The van der Waals surface area contributed by atoms with E-state index in [1.165, 1.54) is 12.3 Å². The van der Waals surface area contributed by atoms with Crippen molar-refractivity contribution in [3.63, 3.8) is 0 Å². The molecule has 6 nitrogen and oxygen atoms in total. The SMILES string of the molecule is CCOCC(C)Nc1ncc(Cl)cc1[N+](=O)[O-]. The summed E-state index contributed by atoms with van der Waals surface area (Å²) in [5.41, 5.74) is -0.138. The molecule has 0 aromatic carbocycles. The van der Waals surface area contributed by atoms with Gasteiger partial charge in [0.15, 0.2) is 0 Å². The maximum atomic E-state index is 10.8. The zero-order valence-corrected chi connectivity index (χ0v) is 10.4. The number of hydrogen-bond donors (Lipinski definition) is 1. The minimum atomic E-state index is -0.519. The number of nitrogens with one attached hydrogen (secondary N) is 1. The molecule has 0 aliphatic rings. The van der Waals surface area contributed by atoms with Crippen LogP contribution in [-0.4, -0.2) is 29.2 Å². The van der Waals surface area contributed by atoms with Crippen LogP contribution in [0, 0.1) is 10.1 Å². The van der Waals surface area contributed by atoms with Crippen LogP contribution in [0.3, 0.4) is 0 Å². The summed E-state index contributed by atoms with van der Waals surface area (Å²) in [5, 5.41) is 14.0. The van der Waals surface area contributed by atoms with Gasteiger partial charge in [0.05, 0.1) is 16.6 Å². The summed E-state index contributed by atoms with van der Waals surface area (Å²) >= 11 is 5.66. The largest absolute Gasteiger partial charge is 0.380 e. The summed E-state index contributed by atoms with van der Waals surface area (Å²) in [7, 11) is 0. The molecule has 0 aliphatic carbocycles. The summed E-state index contributed by atoms with van der Waals surface area (Å²) in [5.74, 6) is 0.201. The Morgan fingerprint density at radius 3 is 3.00 bits per heavy atom. The topological polar surface area (TPSA) is 77.3 Å². The smallest absolute Gasteiger partial charge is 0.312 e. The molecule has 1 unspecified atom stereocenters. The second kappa shape index (κ2) is 6.36. The fourth-order valence-corrected chi connectivity index (χ4v) is 1.40. The number of nitrogens with zero attached hydrogens (tertiary/aromatic N) is 2. The Morgan fingerprint density at radius 1 is 1.71 bits per heavy atom. The van der Waals surface area contributed by atoms with Crippen LogP contribution in [0.25, 0.3) is 0 Å². The lowest BCUT2D eigenvalue weighted by atomic mass is 10.3. The molecule has 7 heteroatoms. The fraction of sp³-hybridized carbons (Fsp3) is 0.500. The van der Waals surface area contributed by atoms with E-state index in [0.29, 0.717) is 13.2 Å². The van der Waals surface area contributed by atoms with Gasteiger partial charge in [-0.05, 0) is 13.8 Å². The summed E-state index contributed by atoms with van der Waals surface area (Å²) in [4.78, 5) is 14.2. The Bertz CT molecular complexity index is 400. The van der Waals surface area contributed by atoms with Crippen molar-refractivity contribution in [2.75, 3.05) is 18.5 Å². The molecule has 0 spiro atoms. The Balaban J connectivity index is 2.79. The monoisotopic (exact) mass is 259 g/mol. The van der Waals surface area contributed by atoms with Crippen LogP contribution in [0.2, 0.25) is 5.02 Å². The Hall–Kier alpha value is -1.40. The molecule has 0 aliphatic heterocycles. The fourth-order valence-electron chi connectivity index (χ4n) is 1.25. The predicted molar refractivity (Wildman–Crippen MR) is 65.5 cm³/mol. The van der Waals surface area contributed by atoms with Crippen molar-refractivity contribution in [1.29, 1.82) is 0 Å². The van der Waals surface area contributed by atoms with Gasteiger partial charge in [-0.2, -0.15) is 0 Å². The van der Waals surface area contributed by atoms with E-state index in [4.69, 9.17) is 16.3 Å². The molecule has 0 amide bonds. The van der Waals surface area contributed by atoms with E-state index in [-0.39, 0.29) is 22.6 Å². The Kier molecular flexibility index (Phi) is 5.11. The van der Waals surface area contributed by atoms with E-state index in [1.54, 1.807) is 0 Å². The highest BCUT2D eigenvalue weighted by Crippen LogP contribution is 2.25. The molecule has 94 valence electrons. The van der Waals surface area contributed by atoms with Gasteiger partial charge in [-0.25, -0.2) is 4.98 Å². The average molecular weight is 260 g/mol. The minimum Gasteiger partial charge on any atom is -0.380 e. The number of anilines is 1. The third-order valence-electron chi connectivity index (χ3n) is 1.99. The molecule has 0 bridgehead atoms. The molecule has 1 aromatic rings. The van der Waals surface area contributed by atoms with Crippen LogP contribution >= 0.6 is 11.6 Å². The van der Waals surface area contributed by atoms with Crippen LogP contribution in [0.5, 0.6) is 0 Å². The van der Waals surface area contributed by atoms with Crippen LogP contribution in [0.1, 0.15) is 13.8 Å². The maximum Gasteiger partial charge on any atom is 0.312 e. The first kappa shape index (κ1) is 13.7. The summed E-state index contributed by atoms with van der Waals surface area (Å²) < 4.78 is 5.21. The lowest BCUT2D eigenvalue weighted by Crippen LogP contribution is -2.22. The molecule has 0 saturated heterocycles. The molecule has 0 saturated carbocycles. The third-order valence-corrected chi connectivity index (χ3v) is 2.19. The first-order valence-corrected chi connectivity index (χ1v) is 5.56. The Labute approximate surface area is 104 Å². The molecule has 1 rings (SSSR count). The van der Waals surface area contributed by atoms with Crippen LogP contribution < -0.4 is 5.32 Å². The van der Waals surface area contributed by atoms with Gasteiger partial charge in [0.25, 0.3) is 0 Å². The van der Waals surface area contributed by atoms with Gasteiger partial charge in [-0.1, -0.05) is 11.6 Å². The van der Waals surface area contributed by atoms with Crippen molar-refractivity contribution < 1.29 is 9.66 Å². The zero-order chi connectivity index (χ0) is 12.8. The molecular formula is C10H14ClN3O3. The van der Waals surface area contributed by atoms with E-state index >= 15 is 0 Å². The normalized spacial score (nSPS) is 12.2. The Morgan fingerprint density at radius 2 is 2.41 bits per heavy atom. The van der Waals surface area contributed by atoms with Crippen LogP contribution in [0.4, 0.5) is 11.5 Å². The maximum absolute atomic E-state index is 10.8. The molecular weight excluding hydrogens is 246 g/mol. The number of aromatic nitrogens is 1. The summed E-state index contributed by atoms with van der Waals surface area (Å²) in [6, 6.07) is 1.20. The van der Waals surface area contributed by atoms with E-state index in [1.807, 2.05) is 13.8 Å². The quantitative estimate of drug-likeness (QED) is 0.627. The first-order valence-electron chi connectivity index (χ1n) is 5.18. The average Bonchev–Trinajstić information content (AvgIpc) is 2.28. The van der Waals surface area contributed by atoms with Crippen LogP contribution in [-0.2, 0) is 4.74 Å². The number of halogens is 1. The van der Waals surface area contributed by atoms with Gasteiger partial charge >= 0.3 is 5.69 Å². The highest BCUT2D eigenvalue weighted by molar-refractivity contribution is 6.30. The predicted octanol–water partition coefficient (Wildman–Crippen LogP) is 2.48. The molecule has 17 heavy (non-hydrogen) atoms. The van der Waals surface area contributed by atoms with Crippen molar-refractivity contribution >= 4 is 23.1 Å². The molecule has 0 fully saturated rings. The van der Waals surface area contributed by atoms with E-state index < -0.39 is 4.92 Å². The summed E-state index contributed by atoms with van der Waals surface area (Å²) in [6.45, 7) is 4.80. The van der Waals surface area contributed by atoms with Gasteiger partial charge in [-0.15, -0.1) is 0 Å². The number of hydrogen-bond acceptors (Lipinski definition) is 5. The van der Waals surface area contributed by atoms with Crippen molar-refractivity contribution in [2.24, 2.45) is 0 Å². The molecule has 0 radical (unpaired) electrons. The minimum absolute atomic E-state index is 0.0673. The van der Waals surface area contributed by atoms with Crippen molar-refractivity contribution in [1.82, 2.24) is 4.98 Å². The van der Waals surface area contributed by atoms with Crippen LogP contribution in [0.15, 0.2) is 12.3 Å². The standard InChI is InChI=1S/C10H14ClN3O3/c1-3-17-6-7(2)13-10-9(14(15)16)4-8(11)5-12-10/h4-5,7H,3,6H2,1-2H3,(H,12,13). The lowest BCUT2D eigenvalue weighted by Gasteiger charge is -2.14. The van der Waals surface area contributed by atoms with E-state index in [0.717, 1.165) is 0 Å². The van der Waals surface area contributed by atoms with Gasteiger partial charge in [0.2, 0.25) is 5.82 Å². The molecule has 1 atom stereocenters. The molecule has 1 aromatic heterocycles. The second-order valence-corrected chi connectivity index (χ2v) is 3.92. The van der Waals surface area contributed by atoms with Gasteiger partial charge in [-0.3, -0.25) is 10.1 Å². The number of pyridine rings is 1. The van der Waals surface area contributed by atoms with E-state index in [9.17, 15) is 10.1 Å². The number of nitro groups is 1. The molecule has 1 heterocycles. The van der Waals surface area contributed by atoms with Crippen molar-refractivity contribution in [3.8, 4) is 0 Å². The molecule has 1 N–H and O–H groups in total. The highest BCUT2D eigenvalue weighted by Gasteiger charge is 2.17. The lowest BCUT2D eigenvalue weighted by molar-refractivity contribution is -0.384. The zero-order valence-electron chi connectivity index (χ0n) is 9.64. The highest BCUT2D eigenvalue weighted by atomic mass is 35.5. The number of rotatable bonds is 6.